The van der Waals surface area contributed by atoms with E-state index in [4.69, 9.17) is 0 Å². The Morgan fingerprint density at radius 2 is 2.19 bits per heavy atom. The minimum atomic E-state index is 0.799. The molecule has 1 saturated heterocycles. The summed E-state index contributed by atoms with van der Waals surface area (Å²) < 4.78 is 0. The highest BCUT2D eigenvalue weighted by Gasteiger charge is 2.23. The number of nitriles is 1. The van der Waals surface area contributed by atoms with Crippen molar-refractivity contribution in [1.29, 1.82) is 5.26 Å². The summed E-state index contributed by atoms with van der Waals surface area (Å²) in [5.74, 6) is 0.799. The molecule has 1 aliphatic rings. The number of nitrogens with one attached hydrogen (secondary N) is 1. The molecule has 1 aromatic carbocycles. The number of nitrogens with zero attached hydrogens (tertiary/aromatic N) is 2. The van der Waals surface area contributed by atoms with Crippen molar-refractivity contribution in [3.8, 4) is 6.07 Å². The summed E-state index contributed by atoms with van der Waals surface area (Å²) in [7, 11) is 0. The molecule has 1 aromatic rings. The molecule has 0 saturated carbocycles. The van der Waals surface area contributed by atoms with Gasteiger partial charge in [0.25, 0.3) is 0 Å². The smallest absolute Gasteiger partial charge is 0.101 e. The van der Waals surface area contributed by atoms with Gasteiger partial charge in [0.05, 0.1) is 11.3 Å². The van der Waals surface area contributed by atoms with E-state index in [9.17, 15) is 5.26 Å². The maximum absolute atomic E-state index is 9.45. The van der Waals surface area contributed by atoms with Gasteiger partial charge in [0.1, 0.15) is 6.07 Å². The van der Waals surface area contributed by atoms with Crippen molar-refractivity contribution in [2.75, 3.05) is 24.5 Å². The first-order valence-corrected chi connectivity index (χ1v) is 8.27. The van der Waals surface area contributed by atoms with E-state index in [2.05, 4.69) is 42.3 Å². The van der Waals surface area contributed by atoms with Crippen LogP contribution in [0.25, 0.3) is 0 Å². The summed E-state index contributed by atoms with van der Waals surface area (Å²) in [6, 6.07) is 8.72. The van der Waals surface area contributed by atoms with E-state index in [-0.39, 0.29) is 0 Å². The highest BCUT2D eigenvalue weighted by atomic mass is 15.2. The molecule has 1 heterocycles. The molecule has 21 heavy (non-hydrogen) atoms. The lowest BCUT2D eigenvalue weighted by Gasteiger charge is -2.20. The fraction of sp³-hybridized carbons (Fsp3) is 0.611. The van der Waals surface area contributed by atoms with Crippen LogP contribution < -0.4 is 10.2 Å². The van der Waals surface area contributed by atoms with E-state index in [0.29, 0.717) is 0 Å². The molecule has 0 radical (unpaired) electrons. The van der Waals surface area contributed by atoms with E-state index in [1.807, 2.05) is 6.07 Å². The summed E-state index contributed by atoms with van der Waals surface area (Å²) >= 11 is 0. The Morgan fingerprint density at radius 3 is 2.90 bits per heavy atom. The zero-order valence-electron chi connectivity index (χ0n) is 13.4. The van der Waals surface area contributed by atoms with Gasteiger partial charge in [0.15, 0.2) is 0 Å². The summed E-state index contributed by atoms with van der Waals surface area (Å²) in [5.41, 5.74) is 3.14. The van der Waals surface area contributed by atoms with Crippen LogP contribution >= 0.6 is 0 Å². The molecule has 3 heteroatoms. The van der Waals surface area contributed by atoms with Crippen molar-refractivity contribution < 1.29 is 0 Å². The fourth-order valence-electron chi connectivity index (χ4n) is 3.16. The normalized spacial score (nSPS) is 18.0. The predicted octanol–water partition coefficient (Wildman–Crippen LogP) is 3.68. The molecule has 114 valence electrons. The van der Waals surface area contributed by atoms with Gasteiger partial charge in [-0.1, -0.05) is 26.3 Å². The Labute approximate surface area is 129 Å². The molecule has 0 bridgehead atoms. The second-order valence-electron chi connectivity index (χ2n) is 6.03. The van der Waals surface area contributed by atoms with Gasteiger partial charge in [-0.25, -0.2) is 0 Å². The fourth-order valence-corrected chi connectivity index (χ4v) is 3.16. The molecule has 1 N–H and O–H groups in total. The lowest BCUT2D eigenvalue weighted by atomic mass is 10.0. The van der Waals surface area contributed by atoms with Gasteiger partial charge in [-0.2, -0.15) is 5.26 Å². The average Bonchev–Trinajstić information content (AvgIpc) is 2.96. The minimum Gasteiger partial charge on any atom is -0.370 e. The van der Waals surface area contributed by atoms with E-state index in [1.165, 1.54) is 24.8 Å². The van der Waals surface area contributed by atoms with Crippen molar-refractivity contribution in [2.24, 2.45) is 5.92 Å². The first-order valence-electron chi connectivity index (χ1n) is 8.27. The van der Waals surface area contributed by atoms with E-state index < -0.39 is 0 Å². The van der Waals surface area contributed by atoms with E-state index in [1.54, 1.807) is 0 Å². The third kappa shape index (κ3) is 4.22. The molecule has 0 aliphatic carbocycles. The molecular formula is C18H27N3. The van der Waals surface area contributed by atoms with Gasteiger partial charge in [-0.15, -0.1) is 0 Å². The molecular weight excluding hydrogens is 258 g/mol. The van der Waals surface area contributed by atoms with Crippen molar-refractivity contribution >= 4 is 5.69 Å². The first-order chi connectivity index (χ1) is 10.3. The number of anilines is 1. The van der Waals surface area contributed by atoms with Crippen molar-refractivity contribution in [3.63, 3.8) is 0 Å². The predicted molar refractivity (Wildman–Crippen MR) is 88.4 cm³/mol. The average molecular weight is 285 g/mol. The van der Waals surface area contributed by atoms with Crippen LogP contribution in [0.2, 0.25) is 0 Å². The summed E-state index contributed by atoms with van der Waals surface area (Å²) in [6.45, 7) is 8.48. The second-order valence-corrected chi connectivity index (χ2v) is 6.03. The van der Waals surface area contributed by atoms with Gasteiger partial charge in [-0.05, 0) is 49.4 Å². The quantitative estimate of drug-likeness (QED) is 0.777. The van der Waals surface area contributed by atoms with Gasteiger partial charge >= 0.3 is 0 Å². The zero-order chi connectivity index (χ0) is 15.1. The summed E-state index contributed by atoms with van der Waals surface area (Å²) in [5, 5.41) is 12.8. The largest absolute Gasteiger partial charge is 0.370 e. The van der Waals surface area contributed by atoms with Crippen molar-refractivity contribution in [1.82, 2.24) is 5.32 Å². The van der Waals surface area contributed by atoms with Crippen molar-refractivity contribution in [2.45, 2.75) is 46.1 Å². The second kappa shape index (κ2) is 8.05. The zero-order valence-corrected chi connectivity index (χ0v) is 13.4. The Bertz CT molecular complexity index is 490. The number of rotatable bonds is 7. The van der Waals surface area contributed by atoms with Crippen LogP contribution in [0.4, 0.5) is 5.69 Å². The third-order valence-corrected chi connectivity index (χ3v) is 4.26. The standard InChI is InChI=1S/C18H27N3/c1-3-5-15-8-10-21(14-15)18-7-6-16(11-17(18)12-19)13-20-9-4-2/h6-7,11,15,20H,3-5,8-10,13-14H2,1-2H3. The van der Waals surface area contributed by atoms with Crippen LogP contribution in [-0.4, -0.2) is 19.6 Å². The van der Waals surface area contributed by atoms with Gasteiger partial charge in [-0.3, -0.25) is 0 Å². The monoisotopic (exact) mass is 285 g/mol. The van der Waals surface area contributed by atoms with E-state index in [0.717, 1.165) is 49.8 Å². The molecule has 1 fully saturated rings. The molecule has 0 spiro atoms. The molecule has 1 aliphatic heterocycles. The lowest BCUT2D eigenvalue weighted by Crippen LogP contribution is -2.21. The molecule has 0 amide bonds. The highest BCUT2D eigenvalue weighted by molar-refractivity contribution is 5.61. The Hall–Kier alpha value is -1.53. The third-order valence-electron chi connectivity index (χ3n) is 4.26. The molecule has 1 atom stereocenters. The van der Waals surface area contributed by atoms with Crippen LogP contribution in [0.3, 0.4) is 0 Å². The van der Waals surface area contributed by atoms with Gasteiger partial charge in [0.2, 0.25) is 0 Å². The molecule has 1 unspecified atom stereocenters. The lowest BCUT2D eigenvalue weighted by molar-refractivity contribution is 0.530. The molecule has 3 nitrogen and oxygen atoms in total. The Morgan fingerprint density at radius 1 is 1.33 bits per heavy atom. The Kier molecular flexibility index (Phi) is 6.07. The minimum absolute atomic E-state index is 0.799. The van der Waals surface area contributed by atoms with Crippen LogP contribution in [0.15, 0.2) is 18.2 Å². The van der Waals surface area contributed by atoms with Crippen molar-refractivity contribution in [3.05, 3.63) is 29.3 Å². The van der Waals surface area contributed by atoms with Crippen LogP contribution in [0.5, 0.6) is 0 Å². The summed E-state index contributed by atoms with van der Waals surface area (Å²) in [4.78, 5) is 2.39. The van der Waals surface area contributed by atoms with E-state index >= 15 is 0 Å². The highest BCUT2D eigenvalue weighted by Crippen LogP contribution is 2.29. The SMILES string of the molecule is CCCNCc1ccc(N2CCC(CCC)C2)c(C#N)c1. The topological polar surface area (TPSA) is 39.1 Å². The maximum Gasteiger partial charge on any atom is 0.101 e. The van der Waals surface area contributed by atoms with Gasteiger partial charge < -0.3 is 10.2 Å². The summed E-state index contributed by atoms with van der Waals surface area (Å²) in [6.07, 6.45) is 4.96. The molecule has 2 rings (SSSR count). The number of hydrogen-bond acceptors (Lipinski definition) is 3. The Balaban J connectivity index is 2.05. The van der Waals surface area contributed by atoms with Crippen LogP contribution in [-0.2, 0) is 6.54 Å². The number of hydrogen-bond donors (Lipinski definition) is 1. The van der Waals surface area contributed by atoms with Crippen LogP contribution in [0, 0.1) is 17.2 Å². The number of benzene rings is 1. The van der Waals surface area contributed by atoms with Gasteiger partial charge in [0, 0.05) is 19.6 Å². The maximum atomic E-state index is 9.45. The first kappa shape index (κ1) is 15.9. The van der Waals surface area contributed by atoms with Crippen LogP contribution in [0.1, 0.15) is 50.7 Å². The molecule has 0 aromatic heterocycles.